The fourth-order valence-electron chi connectivity index (χ4n) is 1.69. The van der Waals surface area contributed by atoms with E-state index < -0.39 is 22.8 Å². The van der Waals surface area contributed by atoms with E-state index in [1.54, 1.807) is 6.92 Å². The number of rotatable bonds is 6. The summed E-state index contributed by atoms with van der Waals surface area (Å²) in [5, 5.41) is 13.2. The molecule has 0 saturated carbocycles. The maximum atomic E-state index is 12.1. The first-order chi connectivity index (χ1) is 9.85. The van der Waals surface area contributed by atoms with Crippen LogP contribution in [0, 0.1) is 10.1 Å². The molecule has 0 saturated heterocycles. The van der Waals surface area contributed by atoms with Crippen molar-refractivity contribution in [1.29, 1.82) is 0 Å². The average Bonchev–Trinajstić information content (AvgIpc) is 2.45. The molecular formula is C14H16N2O5. The first kappa shape index (κ1) is 16.4. The van der Waals surface area contributed by atoms with Crippen molar-refractivity contribution in [3.05, 3.63) is 52.1 Å². The van der Waals surface area contributed by atoms with E-state index in [1.165, 1.54) is 25.3 Å². The summed E-state index contributed by atoms with van der Waals surface area (Å²) in [5.74, 6) is -1.19. The molecule has 7 heteroatoms. The van der Waals surface area contributed by atoms with Crippen molar-refractivity contribution in [3.63, 3.8) is 0 Å². The Balaban J connectivity index is 2.91. The van der Waals surface area contributed by atoms with E-state index in [0.29, 0.717) is 5.57 Å². The minimum absolute atomic E-state index is 0.0971. The number of nitrogens with one attached hydrogen (secondary N) is 1. The molecule has 0 aliphatic heterocycles. The highest BCUT2D eigenvalue weighted by Crippen LogP contribution is 2.13. The summed E-state index contributed by atoms with van der Waals surface area (Å²) in [6.45, 7) is 5.40. The zero-order valence-corrected chi connectivity index (χ0v) is 11.8. The Bertz CT molecular complexity index is 582. The molecule has 1 N–H and O–H groups in total. The van der Waals surface area contributed by atoms with Gasteiger partial charge in [0.2, 0.25) is 0 Å². The lowest BCUT2D eigenvalue weighted by atomic mass is 10.1. The zero-order chi connectivity index (χ0) is 16.0. The number of carbonyl (C=O) groups is 2. The van der Waals surface area contributed by atoms with E-state index in [9.17, 15) is 19.7 Å². The molecule has 1 amide bonds. The number of hydrogen-bond acceptors (Lipinski definition) is 5. The number of non-ortho nitro benzene ring substituents is 1. The number of amides is 1. The number of nitro benzene ring substituents is 1. The van der Waals surface area contributed by atoms with Gasteiger partial charge in [0, 0.05) is 17.7 Å². The molecule has 0 heterocycles. The number of nitrogens with zero attached hydrogens (tertiary/aromatic N) is 1. The fraction of sp³-hybridized carbons (Fsp3) is 0.286. The highest BCUT2D eigenvalue weighted by atomic mass is 16.6. The fourth-order valence-corrected chi connectivity index (χ4v) is 1.69. The average molecular weight is 292 g/mol. The predicted molar refractivity (Wildman–Crippen MR) is 75.8 cm³/mol. The normalized spacial score (nSPS) is 11.3. The van der Waals surface area contributed by atoms with E-state index in [1.807, 2.05) is 0 Å². The van der Waals surface area contributed by atoms with Crippen molar-refractivity contribution >= 4 is 17.6 Å². The standard InChI is InChI=1S/C14H16N2O5/c1-9(2)7-12(14(18)21-3)15-13(17)10-5-4-6-11(8-10)16(19)20/h4-6,8,12H,1,7H2,2-3H3,(H,15,17)/t12-/m0/s1. The zero-order valence-electron chi connectivity index (χ0n) is 11.8. The molecule has 0 unspecified atom stereocenters. The van der Waals surface area contributed by atoms with Crippen LogP contribution in [-0.2, 0) is 9.53 Å². The number of esters is 1. The van der Waals surface area contributed by atoms with Gasteiger partial charge in [-0.15, -0.1) is 6.58 Å². The second kappa shape index (κ2) is 7.18. The number of carbonyl (C=O) groups excluding carboxylic acids is 2. The Kier molecular flexibility index (Phi) is 5.59. The molecule has 0 bridgehead atoms. The topological polar surface area (TPSA) is 98.5 Å². The van der Waals surface area contributed by atoms with Gasteiger partial charge in [0.25, 0.3) is 11.6 Å². The van der Waals surface area contributed by atoms with Gasteiger partial charge in [-0.2, -0.15) is 0 Å². The van der Waals surface area contributed by atoms with Gasteiger partial charge >= 0.3 is 5.97 Å². The highest BCUT2D eigenvalue weighted by Gasteiger charge is 2.22. The molecule has 0 spiro atoms. The number of benzene rings is 1. The number of ether oxygens (including phenoxy) is 1. The van der Waals surface area contributed by atoms with Crippen LogP contribution < -0.4 is 5.32 Å². The van der Waals surface area contributed by atoms with Crippen LogP contribution in [0.1, 0.15) is 23.7 Å². The molecule has 0 aliphatic rings. The van der Waals surface area contributed by atoms with Crippen LogP contribution in [0.15, 0.2) is 36.4 Å². The van der Waals surface area contributed by atoms with Crippen molar-refractivity contribution in [3.8, 4) is 0 Å². The summed E-state index contributed by atoms with van der Waals surface area (Å²) in [5.41, 5.74) is 0.599. The van der Waals surface area contributed by atoms with Gasteiger partial charge in [-0.25, -0.2) is 4.79 Å². The van der Waals surface area contributed by atoms with Crippen molar-refractivity contribution in [2.45, 2.75) is 19.4 Å². The molecule has 1 aromatic carbocycles. The van der Waals surface area contributed by atoms with E-state index in [-0.39, 0.29) is 17.7 Å². The third-order valence-electron chi connectivity index (χ3n) is 2.66. The van der Waals surface area contributed by atoms with Crippen LogP contribution in [0.2, 0.25) is 0 Å². The highest BCUT2D eigenvalue weighted by molar-refractivity contribution is 5.97. The van der Waals surface area contributed by atoms with Gasteiger partial charge in [0.1, 0.15) is 6.04 Å². The van der Waals surface area contributed by atoms with Gasteiger partial charge < -0.3 is 10.1 Å². The van der Waals surface area contributed by atoms with Crippen molar-refractivity contribution < 1.29 is 19.2 Å². The van der Waals surface area contributed by atoms with Gasteiger partial charge in [-0.1, -0.05) is 11.6 Å². The molecule has 7 nitrogen and oxygen atoms in total. The first-order valence-electron chi connectivity index (χ1n) is 6.12. The Hall–Kier alpha value is -2.70. The van der Waals surface area contributed by atoms with Crippen LogP contribution in [0.3, 0.4) is 0 Å². The van der Waals surface area contributed by atoms with Crippen molar-refractivity contribution in [1.82, 2.24) is 5.32 Å². The molecule has 1 atom stereocenters. The second-order valence-corrected chi connectivity index (χ2v) is 4.52. The van der Waals surface area contributed by atoms with E-state index in [0.717, 1.165) is 6.07 Å². The molecule has 112 valence electrons. The van der Waals surface area contributed by atoms with E-state index >= 15 is 0 Å². The Labute approximate surface area is 121 Å². The third kappa shape index (κ3) is 4.72. The maximum absolute atomic E-state index is 12.1. The van der Waals surface area contributed by atoms with Crippen LogP contribution >= 0.6 is 0 Å². The van der Waals surface area contributed by atoms with E-state index in [4.69, 9.17) is 0 Å². The van der Waals surface area contributed by atoms with Gasteiger partial charge in [-0.05, 0) is 19.4 Å². The lowest BCUT2D eigenvalue weighted by Crippen LogP contribution is -2.41. The SMILES string of the molecule is C=C(C)C[C@H](NC(=O)c1cccc([N+](=O)[O-])c1)C(=O)OC. The quantitative estimate of drug-likeness (QED) is 0.373. The van der Waals surface area contributed by atoms with Crippen LogP contribution in [-0.4, -0.2) is 30.0 Å². The number of nitro groups is 1. The summed E-state index contributed by atoms with van der Waals surface area (Å²) in [7, 11) is 1.22. The van der Waals surface area contributed by atoms with Crippen LogP contribution in [0.4, 0.5) is 5.69 Å². The summed E-state index contributed by atoms with van der Waals surface area (Å²) in [6, 6.07) is 4.38. The van der Waals surface area contributed by atoms with Gasteiger partial charge in [0.05, 0.1) is 12.0 Å². The monoisotopic (exact) mass is 292 g/mol. The minimum Gasteiger partial charge on any atom is -0.467 e. The summed E-state index contributed by atoms with van der Waals surface area (Å²) in [6.07, 6.45) is 0.230. The van der Waals surface area contributed by atoms with Crippen molar-refractivity contribution in [2.24, 2.45) is 0 Å². The molecule has 1 rings (SSSR count). The molecular weight excluding hydrogens is 276 g/mol. The largest absolute Gasteiger partial charge is 0.467 e. The molecule has 0 aromatic heterocycles. The third-order valence-corrected chi connectivity index (χ3v) is 2.66. The summed E-state index contributed by atoms with van der Waals surface area (Å²) in [4.78, 5) is 33.8. The Morgan fingerprint density at radius 1 is 1.48 bits per heavy atom. The number of methoxy groups -OCH3 is 1. The predicted octanol–water partition coefficient (Wildman–Crippen LogP) is 1.83. The number of hydrogen-bond donors (Lipinski definition) is 1. The lowest BCUT2D eigenvalue weighted by molar-refractivity contribution is -0.384. The smallest absolute Gasteiger partial charge is 0.328 e. The summed E-state index contributed by atoms with van der Waals surface area (Å²) >= 11 is 0. The van der Waals surface area contributed by atoms with Crippen molar-refractivity contribution in [2.75, 3.05) is 7.11 Å². The first-order valence-corrected chi connectivity index (χ1v) is 6.12. The molecule has 0 radical (unpaired) electrons. The Morgan fingerprint density at radius 3 is 2.67 bits per heavy atom. The van der Waals surface area contributed by atoms with Crippen LogP contribution in [0.25, 0.3) is 0 Å². The second-order valence-electron chi connectivity index (χ2n) is 4.52. The molecule has 0 aliphatic carbocycles. The van der Waals surface area contributed by atoms with Crippen LogP contribution in [0.5, 0.6) is 0 Å². The molecule has 0 fully saturated rings. The Morgan fingerprint density at radius 2 is 2.14 bits per heavy atom. The summed E-state index contributed by atoms with van der Waals surface area (Å²) < 4.78 is 4.61. The molecule has 21 heavy (non-hydrogen) atoms. The van der Waals surface area contributed by atoms with E-state index in [2.05, 4.69) is 16.6 Å². The van der Waals surface area contributed by atoms with Gasteiger partial charge in [-0.3, -0.25) is 14.9 Å². The lowest BCUT2D eigenvalue weighted by Gasteiger charge is -2.16. The molecule has 1 aromatic rings. The maximum Gasteiger partial charge on any atom is 0.328 e. The minimum atomic E-state index is -0.876. The van der Waals surface area contributed by atoms with Gasteiger partial charge in [0.15, 0.2) is 0 Å².